The van der Waals surface area contributed by atoms with Gasteiger partial charge >= 0.3 is 0 Å². The number of fused-ring (bicyclic) bond motifs is 1. The molecule has 1 amide bonds. The molecule has 0 saturated carbocycles. The van der Waals surface area contributed by atoms with Crippen LogP contribution in [0.1, 0.15) is 22.4 Å². The third-order valence-corrected chi connectivity index (χ3v) is 6.86. The number of aromatic nitrogens is 4. The summed E-state index contributed by atoms with van der Waals surface area (Å²) in [5, 5.41) is 5.49. The van der Waals surface area contributed by atoms with Crippen LogP contribution in [0.4, 0.5) is 0 Å². The Kier molecular flexibility index (Phi) is 6.01. The number of nitrogens with zero attached hydrogens (tertiary/aromatic N) is 4. The Morgan fingerprint density at radius 2 is 1.94 bits per heavy atom. The normalized spacial score (nSPS) is 11.9. The van der Waals surface area contributed by atoms with Crippen molar-refractivity contribution in [2.45, 2.75) is 25.7 Å². The maximum Gasteiger partial charge on any atom is 0.267 e. The molecule has 34 heavy (non-hydrogen) atoms. The van der Waals surface area contributed by atoms with Crippen molar-refractivity contribution in [2.75, 3.05) is 7.11 Å². The van der Waals surface area contributed by atoms with E-state index in [0.717, 1.165) is 22.2 Å². The molecule has 0 atom stereocenters. The fourth-order valence-corrected chi connectivity index (χ4v) is 5.00. The first kappa shape index (κ1) is 23.2. The van der Waals surface area contributed by atoms with Crippen LogP contribution in [0, 0.1) is 20.8 Å². The second kappa shape index (κ2) is 8.79. The van der Waals surface area contributed by atoms with Gasteiger partial charge in [0.15, 0.2) is 0 Å². The third-order valence-electron chi connectivity index (χ3n) is 5.47. The minimum absolute atomic E-state index is 0.110. The first-order valence-corrected chi connectivity index (χ1v) is 12.0. The molecule has 0 unspecified atom stereocenters. The Morgan fingerprint density at radius 1 is 1.18 bits per heavy atom. The molecule has 1 aromatic carbocycles. The number of methoxy groups -OCH3 is 1. The Hall–Kier alpha value is -3.92. The van der Waals surface area contributed by atoms with Gasteiger partial charge in [0.1, 0.15) is 22.1 Å². The van der Waals surface area contributed by atoms with Gasteiger partial charge in [0.2, 0.25) is 0 Å². The van der Waals surface area contributed by atoms with E-state index in [0.29, 0.717) is 17.1 Å². The van der Waals surface area contributed by atoms with Gasteiger partial charge in [-0.15, -0.1) is 0 Å². The predicted octanol–water partition coefficient (Wildman–Crippen LogP) is 3.21. The molecular formula is C24H25N5O4S. The van der Waals surface area contributed by atoms with Crippen molar-refractivity contribution in [1.29, 1.82) is 0 Å². The molecular weight excluding hydrogens is 454 g/mol. The van der Waals surface area contributed by atoms with E-state index < -0.39 is 15.9 Å². The summed E-state index contributed by atoms with van der Waals surface area (Å²) in [5.41, 5.74) is 4.00. The van der Waals surface area contributed by atoms with Crippen molar-refractivity contribution < 1.29 is 17.9 Å². The number of nitrogens with one attached hydrogen (secondary N) is 1. The molecule has 176 valence electrons. The summed E-state index contributed by atoms with van der Waals surface area (Å²) in [6.07, 6.45) is 6.41. The van der Waals surface area contributed by atoms with Gasteiger partial charge in [-0.2, -0.15) is 5.10 Å². The highest BCUT2D eigenvalue weighted by atomic mass is 32.2. The number of sulfonamides is 1. The summed E-state index contributed by atoms with van der Waals surface area (Å²) in [5.74, 6) is 0.0851. The number of carbonyl (C=O) groups excluding carboxylic acids is 1. The molecule has 0 aliphatic heterocycles. The second-order valence-electron chi connectivity index (χ2n) is 7.96. The van der Waals surface area contributed by atoms with Crippen molar-refractivity contribution in [3.05, 3.63) is 71.2 Å². The van der Waals surface area contributed by atoms with Gasteiger partial charge in [0.05, 0.1) is 12.8 Å². The minimum Gasteiger partial charge on any atom is -0.495 e. The van der Waals surface area contributed by atoms with Gasteiger partial charge < -0.3 is 4.74 Å². The first-order valence-electron chi connectivity index (χ1n) is 10.5. The van der Waals surface area contributed by atoms with Crippen LogP contribution in [0.25, 0.3) is 22.9 Å². The third kappa shape index (κ3) is 4.19. The molecule has 3 heterocycles. The molecule has 0 radical (unpaired) electrons. The summed E-state index contributed by atoms with van der Waals surface area (Å²) < 4.78 is 36.4. The Bertz CT molecular complexity index is 1550. The number of rotatable bonds is 6. The van der Waals surface area contributed by atoms with E-state index in [-0.39, 0.29) is 10.6 Å². The molecule has 4 aromatic rings. The molecule has 9 nitrogen and oxygen atoms in total. The maximum absolute atomic E-state index is 12.8. The summed E-state index contributed by atoms with van der Waals surface area (Å²) in [7, 11) is -0.946. The maximum atomic E-state index is 12.8. The van der Waals surface area contributed by atoms with E-state index in [1.807, 2.05) is 43.7 Å². The Labute approximate surface area is 197 Å². The molecule has 0 bridgehead atoms. The lowest BCUT2D eigenvalue weighted by Crippen LogP contribution is -2.29. The number of aryl methyl sites for hydroxylation is 4. The molecule has 3 aromatic heterocycles. The molecule has 0 saturated heterocycles. The van der Waals surface area contributed by atoms with Crippen LogP contribution in [0.2, 0.25) is 0 Å². The quantitative estimate of drug-likeness (QED) is 0.426. The molecule has 0 aliphatic carbocycles. The fraction of sp³-hybridized carbons (Fsp3) is 0.208. The van der Waals surface area contributed by atoms with E-state index >= 15 is 0 Å². The van der Waals surface area contributed by atoms with E-state index in [9.17, 15) is 13.2 Å². The smallest absolute Gasteiger partial charge is 0.267 e. The number of hydrogen-bond donors (Lipinski definition) is 1. The van der Waals surface area contributed by atoms with E-state index in [2.05, 4.69) is 14.8 Å². The number of hydrogen-bond acceptors (Lipinski definition) is 6. The lowest BCUT2D eigenvalue weighted by molar-refractivity contribution is -0.114. The Balaban J connectivity index is 1.67. The number of pyridine rings is 1. The summed E-state index contributed by atoms with van der Waals surface area (Å²) in [6, 6.07) is 8.51. The monoisotopic (exact) mass is 479 g/mol. The molecule has 0 spiro atoms. The first-order chi connectivity index (χ1) is 16.1. The van der Waals surface area contributed by atoms with Crippen LogP contribution in [0.5, 0.6) is 5.75 Å². The fourth-order valence-electron chi connectivity index (χ4n) is 3.90. The number of carbonyl (C=O) groups is 1. The zero-order valence-corrected chi connectivity index (χ0v) is 20.3. The van der Waals surface area contributed by atoms with Crippen molar-refractivity contribution in [3.8, 4) is 11.6 Å². The van der Waals surface area contributed by atoms with Crippen molar-refractivity contribution in [2.24, 2.45) is 7.05 Å². The van der Waals surface area contributed by atoms with E-state index in [1.54, 1.807) is 36.1 Å². The minimum atomic E-state index is -4.13. The average Bonchev–Trinajstić information content (AvgIpc) is 3.26. The van der Waals surface area contributed by atoms with Crippen molar-refractivity contribution in [3.63, 3.8) is 0 Å². The topological polar surface area (TPSA) is 108 Å². The van der Waals surface area contributed by atoms with Gasteiger partial charge in [-0.1, -0.05) is 6.07 Å². The molecule has 4 rings (SSSR count). The highest BCUT2D eigenvalue weighted by molar-refractivity contribution is 7.90. The number of benzene rings is 1. The Morgan fingerprint density at radius 3 is 2.68 bits per heavy atom. The van der Waals surface area contributed by atoms with Gasteiger partial charge in [0.25, 0.3) is 15.9 Å². The van der Waals surface area contributed by atoms with Crippen molar-refractivity contribution >= 4 is 33.0 Å². The summed E-state index contributed by atoms with van der Waals surface area (Å²) >= 11 is 0. The highest BCUT2D eigenvalue weighted by Gasteiger charge is 2.22. The van der Waals surface area contributed by atoms with Crippen LogP contribution in [0.3, 0.4) is 0 Å². The molecule has 0 fully saturated rings. The molecule has 0 aliphatic rings. The molecule has 1 N–H and O–H groups in total. The highest BCUT2D eigenvalue weighted by Crippen LogP contribution is 2.27. The van der Waals surface area contributed by atoms with Crippen LogP contribution in [-0.2, 0) is 21.9 Å². The zero-order valence-electron chi connectivity index (χ0n) is 19.5. The zero-order chi connectivity index (χ0) is 24.6. The average molecular weight is 480 g/mol. The van der Waals surface area contributed by atoms with Crippen LogP contribution in [-0.4, -0.2) is 40.8 Å². The molecule has 10 heteroatoms. The van der Waals surface area contributed by atoms with Gasteiger partial charge in [-0.25, -0.2) is 18.1 Å². The summed E-state index contributed by atoms with van der Waals surface area (Å²) in [4.78, 5) is 17.0. The van der Waals surface area contributed by atoms with Gasteiger partial charge in [0, 0.05) is 36.5 Å². The van der Waals surface area contributed by atoms with Gasteiger partial charge in [-0.05, 0) is 62.2 Å². The second-order valence-corrected chi connectivity index (χ2v) is 9.61. The summed E-state index contributed by atoms with van der Waals surface area (Å²) in [6.45, 7) is 5.64. The number of ether oxygens (including phenoxy) is 1. The predicted molar refractivity (Wildman–Crippen MR) is 129 cm³/mol. The van der Waals surface area contributed by atoms with Crippen molar-refractivity contribution in [1.82, 2.24) is 24.1 Å². The lowest BCUT2D eigenvalue weighted by Gasteiger charge is -2.10. The lowest BCUT2D eigenvalue weighted by atomic mass is 10.2. The number of amides is 1. The van der Waals surface area contributed by atoms with E-state index in [4.69, 9.17) is 4.74 Å². The van der Waals surface area contributed by atoms with Crippen LogP contribution >= 0.6 is 0 Å². The van der Waals surface area contributed by atoms with E-state index in [1.165, 1.54) is 19.3 Å². The van der Waals surface area contributed by atoms with Crippen LogP contribution < -0.4 is 9.46 Å². The van der Waals surface area contributed by atoms with Gasteiger partial charge in [-0.3, -0.25) is 14.0 Å². The SMILES string of the molecule is COc1cc(C)ccc1S(=O)(=O)NC(=O)/C=C/c1c(C)nn(C)c1-n1cc(C)c2cccnc21. The standard InChI is InChI=1S/C24H25N5O4S/c1-15-8-10-21(20(13-15)33-5)34(31,32)27-22(30)11-9-19-17(3)26-28(4)24(19)29-14-16(2)18-7-6-12-25-23(18)29/h6-14H,1-5H3,(H,27,30)/b11-9+. The van der Waals surface area contributed by atoms with Crippen LogP contribution in [0.15, 0.2) is 53.7 Å². The largest absolute Gasteiger partial charge is 0.495 e.